The van der Waals surface area contributed by atoms with E-state index in [1.807, 2.05) is 18.3 Å². The summed E-state index contributed by atoms with van der Waals surface area (Å²) in [5.41, 5.74) is 6.80. The van der Waals surface area contributed by atoms with Crippen molar-refractivity contribution in [1.29, 1.82) is 0 Å². The molecular formula is C15H24N4. The Morgan fingerprint density at radius 3 is 2.58 bits per heavy atom. The average molecular weight is 260 g/mol. The van der Waals surface area contributed by atoms with E-state index in [1.54, 1.807) is 0 Å². The van der Waals surface area contributed by atoms with Gasteiger partial charge in [0, 0.05) is 38.9 Å². The Bertz CT molecular complexity index is 406. The second kappa shape index (κ2) is 5.78. The molecule has 1 aromatic heterocycles. The van der Waals surface area contributed by atoms with Gasteiger partial charge in [0.15, 0.2) is 5.82 Å². The number of hydrogen-bond donors (Lipinski definition) is 1. The van der Waals surface area contributed by atoms with Crippen LogP contribution in [0, 0.1) is 5.92 Å². The van der Waals surface area contributed by atoms with Crippen LogP contribution in [0.5, 0.6) is 0 Å². The first kappa shape index (κ1) is 12.7. The first-order valence-corrected chi connectivity index (χ1v) is 7.51. The Morgan fingerprint density at radius 2 is 1.89 bits per heavy atom. The second-order valence-electron chi connectivity index (χ2n) is 5.85. The lowest BCUT2D eigenvalue weighted by Gasteiger charge is -2.36. The smallest absolute Gasteiger partial charge is 0.151 e. The molecule has 2 N–H and O–H groups in total. The van der Waals surface area contributed by atoms with Crippen molar-refractivity contribution < 1.29 is 0 Å². The van der Waals surface area contributed by atoms with Crippen LogP contribution in [-0.4, -0.2) is 42.6 Å². The van der Waals surface area contributed by atoms with E-state index in [0.29, 0.717) is 0 Å². The number of nitrogens with zero attached hydrogens (tertiary/aromatic N) is 3. The summed E-state index contributed by atoms with van der Waals surface area (Å²) in [5.74, 6) is 1.91. The largest absolute Gasteiger partial charge is 0.396 e. The van der Waals surface area contributed by atoms with Crippen LogP contribution in [0.25, 0.3) is 0 Å². The van der Waals surface area contributed by atoms with Gasteiger partial charge < -0.3 is 10.6 Å². The molecule has 0 radical (unpaired) electrons. The molecule has 2 fully saturated rings. The fourth-order valence-corrected chi connectivity index (χ4v) is 3.37. The lowest BCUT2D eigenvalue weighted by Crippen LogP contribution is -2.48. The van der Waals surface area contributed by atoms with Crippen LogP contribution >= 0.6 is 0 Å². The van der Waals surface area contributed by atoms with Gasteiger partial charge in [0.2, 0.25) is 0 Å². The van der Waals surface area contributed by atoms with Crippen LogP contribution < -0.4 is 10.6 Å². The Morgan fingerprint density at radius 1 is 1.16 bits per heavy atom. The minimum atomic E-state index is 0.798. The van der Waals surface area contributed by atoms with Crippen molar-refractivity contribution >= 4 is 11.5 Å². The highest BCUT2D eigenvalue weighted by Crippen LogP contribution is 2.26. The minimum Gasteiger partial charge on any atom is -0.396 e. The second-order valence-corrected chi connectivity index (χ2v) is 5.85. The van der Waals surface area contributed by atoms with Crippen molar-refractivity contribution in [1.82, 2.24) is 9.88 Å². The van der Waals surface area contributed by atoms with Crippen LogP contribution in [0.15, 0.2) is 18.3 Å². The molecule has 4 heteroatoms. The molecule has 0 amide bonds. The molecule has 0 bridgehead atoms. The number of pyridine rings is 1. The minimum absolute atomic E-state index is 0.798. The Labute approximate surface area is 115 Å². The summed E-state index contributed by atoms with van der Waals surface area (Å²) in [4.78, 5) is 9.35. The highest BCUT2D eigenvalue weighted by atomic mass is 15.3. The van der Waals surface area contributed by atoms with Crippen LogP contribution in [0.3, 0.4) is 0 Å². The van der Waals surface area contributed by atoms with E-state index >= 15 is 0 Å². The van der Waals surface area contributed by atoms with Gasteiger partial charge in [-0.1, -0.05) is 12.8 Å². The summed E-state index contributed by atoms with van der Waals surface area (Å²) in [6.07, 6.45) is 7.58. The van der Waals surface area contributed by atoms with Crippen molar-refractivity contribution in [3.05, 3.63) is 18.3 Å². The summed E-state index contributed by atoms with van der Waals surface area (Å²) < 4.78 is 0. The van der Waals surface area contributed by atoms with Gasteiger partial charge in [0.25, 0.3) is 0 Å². The van der Waals surface area contributed by atoms with Crippen molar-refractivity contribution in [2.24, 2.45) is 5.92 Å². The summed E-state index contributed by atoms with van der Waals surface area (Å²) in [6, 6.07) is 3.84. The van der Waals surface area contributed by atoms with Crippen molar-refractivity contribution in [2.75, 3.05) is 43.4 Å². The SMILES string of the molecule is Nc1cccnc1N1CCN(CC2CCCC2)CC1. The van der Waals surface area contributed by atoms with Crippen molar-refractivity contribution in [3.63, 3.8) is 0 Å². The number of nitrogens with two attached hydrogens (primary N) is 1. The van der Waals surface area contributed by atoms with Crippen LogP contribution in [0.4, 0.5) is 11.5 Å². The number of anilines is 2. The molecule has 0 atom stereocenters. The Kier molecular flexibility index (Phi) is 3.87. The molecule has 19 heavy (non-hydrogen) atoms. The first-order valence-electron chi connectivity index (χ1n) is 7.51. The lowest BCUT2D eigenvalue weighted by molar-refractivity contribution is 0.219. The number of piperazine rings is 1. The molecule has 2 aliphatic rings. The standard InChI is InChI=1S/C15H24N4/c16-14-6-3-7-17-15(14)19-10-8-18(9-11-19)12-13-4-1-2-5-13/h3,6-7,13H,1-2,4-5,8-12,16H2. The number of aromatic nitrogens is 1. The fraction of sp³-hybridized carbons (Fsp3) is 0.667. The first-order chi connectivity index (χ1) is 9.33. The molecule has 1 aliphatic heterocycles. The van der Waals surface area contributed by atoms with Gasteiger partial charge in [0.1, 0.15) is 0 Å². The maximum atomic E-state index is 6.00. The zero-order valence-electron chi connectivity index (χ0n) is 11.6. The topological polar surface area (TPSA) is 45.4 Å². The van der Waals surface area contributed by atoms with E-state index in [-0.39, 0.29) is 0 Å². The van der Waals surface area contributed by atoms with Gasteiger partial charge in [-0.25, -0.2) is 4.98 Å². The predicted molar refractivity (Wildman–Crippen MR) is 79.3 cm³/mol. The molecule has 2 heterocycles. The third kappa shape index (κ3) is 3.00. The lowest BCUT2D eigenvalue weighted by atomic mass is 10.1. The molecule has 1 aliphatic carbocycles. The maximum absolute atomic E-state index is 6.00. The summed E-state index contributed by atoms with van der Waals surface area (Å²) in [6.45, 7) is 5.69. The third-order valence-electron chi connectivity index (χ3n) is 4.48. The number of hydrogen-bond acceptors (Lipinski definition) is 4. The molecule has 3 rings (SSSR count). The fourth-order valence-electron chi connectivity index (χ4n) is 3.37. The van der Waals surface area contributed by atoms with Crippen molar-refractivity contribution in [3.8, 4) is 0 Å². The molecule has 104 valence electrons. The molecule has 0 spiro atoms. The van der Waals surface area contributed by atoms with E-state index in [9.17, 15) is 0 Å². The van der Waals surface area contributed by atoms with Gasteiger partial charge in [0.05, 0.1) is 5.69 Å². The highest BCUT2D eigenvalue weighted by molar-refractivity contribution is 5.62. The van der Waals surface area contributed by atoms with Crippen molar-refractivity contribution in [2.45, 2.75) is 25.7 Å². The predicted octanol–water partition coefficient (Wildman–Crippen LogP) is 1.98. The average Bonchev–Trinajstić information content (AvgIpc) is 2.93. The van der Waals surface area contributed by atoms with Gasteiger partial charge in [-0.3, -0.25) is 4.90 Å². The monoisotopic (exact) mass is 260 g/mol. The van der Waals surface area contributed by atoms with E-state index in [2.05, 4.69) is 14.8 Å². The quantitative estimate of drug-likeness (QED) is 0.902. The Hall–Kier alpha value is -1.29. The number of nitrogen functional groups attached to an aromatic ring is 1. The van der Waals surface area contributed by atoms with Gasteiger partial charge >= 0.3 is 0 Å². The van der Waals surface area contributed by atoms with Crippen LogP contribution in [0.2, 0.25) is 0 Å². The molecule has 0 aromatic carbocycles. The van der Waals surface area contributed by atoms with Crippen LogP contribution in [0.1, 0.15) is 25.7 Å². The molecule has 1 saturated carbocycles. The summed E-state index contributed by atoms with van der Waals surface area (Å²) in [5, 5.41) is 0. The zero-order valence-corrected chi connectivity index (χ0v) is 11.6. The van der Waals surface area contributed by atoms with Gasteiger partial charge in [-0.15, -0.1) is 0 Å². The van der Waals surface area contributed by atoms with Crippen LogP contribution in [-0.2, 0) is 0 Å². The molecule has 0 unspecified atom stereocenters. The number of rotatable bonds is 3. The maximum Gasteiger partial charge on any atom is 0.151 e. The third-order valence-corrected chi connectivity index (χ3v) is 4.48. The van der Waals surface area contributed by atoms with Gasteiger partial charge in [-0.2, -0.15) is 0 Å². The van der Waals surface area contributed by atoms with Gasteiger partial charge in [-0.05, 0) is 30.9 Å². The van der Waals surface area contributed by atoms with E-state index in [0.717, 1.165) is 43.6 Å². The summed E-state index contributed by atoms with van der Waals surface area (Å²) >= 11 is 0. The van der Waals surface area contributed by atoms with E-state index < -0.39 is 0 Å². The van der Waals surface area contributed by atoms with E-state index in [1.165, 1.54) is 32.2 Å². The normalized spacial score (nSPS) is 22.0. The molecule has 1 saturated heterocycles. The zero-order chi connectivity index (χ0) is 13.1. The Balaban J connectivity index is 1.53. The molecule has 4 nitrogen and oxygen atoms in total. The van der Waals surface area contributed by atoms with E-state index in [4.69, 9.17) is 5.73 Å². The molecule has 1 aromatic rings. The highest BCUT2D eigenvalue weighted by Gasteiger charge is 2.23. The summed E-state index contributed by atoms with van der Waals surface area (Å²) in [7, 11) is 0. The molecular weight excluding hydrogens is 236 g/mol.